The van der Waals surface area contributed by atoms with E-state index in [-0.39, 0.29) is 5.75 Å². The van der Waals surface area contributed by atoms with Gasteiger partial charge in [-0.15, -0.1) is 0 Å². The van der Waals surface area contributed by atoms with E-state index in [1.165, 1.54) is 18.9 Å². The minimum atomic E-state index is -0.621. The molecule has 1 saturated carbocycles. The van der Waals surface area contributed by atoms with Crippen molar-refractivity contribution in [2.45, 2.75) is 31.6 Å². The Labute approximate surface area is 76.0 Å². The number of hydrogen-bond acceptors (Lipinski definition) is 3. The summed E-state index contributed by atoms with van der Waals surface area (Å²) in [7, 11) is 0. The summed E-state index contributed by atoms with van der Waals surface area (Å²) in [6.45, 7) is 0. The van der Waals surface area contributed by atoms with Crippen LogP contribution in [0.25, 0.3) is 0 Å². The standard InChI is InChI=1S/C10H12O3/c11-8-5-6-9(13-10(8)12)7-3-1-2-4-7/h5-7,11H,1-4H2. The number of aromatic hydroxyl groups is 1. The van der Waals surface area contributed by atoms with Gasteiger partial charge in [0.25, 0.3) is 0 Å². The zero-order valence-electron chi connectivity index (χ0n) is 7.32. The second kappa shape index (κ2) is 3.24. The van der Waals surface area contributed by atoms with Crippen LogP contribution in [0, 0.1) is 0 Å². The molecule has 0 aliphatic heterocycles. The molecule has 0 aromatic carbocycles. The van der Waals surface area contributed by atoms with Crippen LogP contribution in [0.3, 0.4) is 0 Å². The predicted octanol–water partition coefficient (Wildman–Crippen LogP) is 2.00. The molecule has 0 saturated heterocycles. The average Bonchev–Trinajstić information content (AvgIpc) is 2.62. The average molecular weight is 180 g/mol. The lowest BCUT2D eigenvalue weighted by molar-refractivity contribution is 0.376. The van der Waals surface area contributed by atoms with Crippen molar-refractivity contribution in [3.63, 3.8) is 0 Å². The molecule has 1 aliphatic carbocycles. The molecule has 0 radical (unpaired) electrons. The van der Waals surface area contributed by atoms with E-state index in [1.54, 1.807) is 6.07 Å². The van der Waals surface area contributed by atoms with Gasteiger partial charge in [-0.05, 0) is 25.0 Å². The van der Waals surface area contributed by atoms with Crippen molar-refractivity contribution in [3.05, 3.63) is 28.3 Å². The summed E-state index contributed by atoms with van der Waals surface area (Å²) in [5.74, 6) is 0.801. The Morgan fingerprint density at radius 1 is 1.31 bits per heavy atom. The lowest BCUT2D eigenvalue weighted by Gasteiger charge is -2.06. The van der Waals surface area contributed by atoms with Gasteiger partial charge in [-0.2, -0.15) is 0 Å². The van der Waals surface area contributed by atoms with Crippen molar-refractivity contribution in [3.8, 4) is 5.75 Å². The Hall–Kier alpha value is -1.25. The highest BCUT2D eigenvalue weighted by Crippen LogP contribution is 2.33. The van der Waals surface area contributed by atoms with Crippen molar-refractivity contribution >= 4 is 0 Å². The van der Waals surface area contributed by atoms with Crippen LogP contribution >= 0.6 is 0 Å². The molecule has 1 aromatic rings. The largest absolute Gasteiger partial charge is 0.502 e. The fraction of sp³-hybridized carbons (Fsp3) is 0.500. The lowest BCUT2D eigenvalue weighted by Crippen LogP contribution is -2.02. The molecule has 0 atom stereocenters. The molecule has 3 nitrogen and oxygen atoms in total. The third-order valence-corrected chi connectivity index (χ3v) is 2.58. The van der Waals surface area contributed by atoms with Crippen LogP contribution in [-0.2, 0) is 0 Å². The van der Waals surface area contributed by atoms with Gasteiger partial charge in [-0.1, -0.05) is 12.8 Å². The minimum Gasteiger partial charge on any atom is -0.502 e. The molecule has 70 valence electrons. The topological polar surface area (TPSA) is 50.4 Å². The third-order valence-electron chi connectivity index (χ3n) is 2.58. The summed E-state index contributed by atoms with van der Waals surface area (Å²) >= 11 is 0. The molecule has 1 aliphatic rings. The van der Waals surface area contributed by atoms with Crippen LogP contribution in [-0.4, -0.2) is 5.11 Å². The first-order valence-electron chi connectivity index (χ1n) is 4.60. The molecular weight excluding hydrogens is 168 g/mol. The van der Waals surface area contributed by atoms with Gasteiger partial charge in [0.2, 0.25) is 5.75 Å². The van der Waals surface area contributed by atoms with E-state index in [0.29, 0.717) is 5.92 Å². The zero-order valence-corrected chi connectivity index (χ0v) is 7.32. The quantitative estimate of drug-likeness (QED) is 0.719. The van der Waals surface area contributed by atoms with Crippen LogP contribution in [0.4, 0.5) is 0 Å². The maximum atomic E-state index is 11.0. The Bertz CT molecular complexity index is 347. The fourth-order valence-corrected chi connectivity index (χ4v) is 1.85. The highest BCUT2D eigenvalue weighted by molar-refractivity contribution is 5.17. The Morgan fingerprint density at radius 2 is 2.00 bits per heavy atom. The van der Waals surface area contributed by atoms with Gasteiger partial charge in [0.05, 0.1) is 0 Å². The predicted molar refractivity (Wildman–Crippen MR) is 47.9 cm³/mol. The molecule has 3 heteroatoms. The normalized spacial score (nSPS) is 17.8. The monoisotopic (exact) mass is 180 g/mol. The van der Waals surface area contributed by atoms with Crippen LogP contribution in [0.15, 0.2) is 21.3 Å². The summed E-state index contributed by atoms with van der Waals surface area (Å²) in [6, 6.07) is 3.12. The molecule has 0 amide bonds. The van der Waals surface area contributed by atoms with Crippen molar-refractivity contribution < 1.29 is 9.52 Å². The van der Waals surface area contributed by atoms with Crippen LogP contribution < -0.4 is 5.63 Å². The van der Waals surface area contributed by atoms with Gasteiger partial charge < -0.3 is 9.52 Å². The maximum Gasteiger partial charge on any atom is 0.378 e. The van der Waals surface area contributed by atoms with E-state index in [4.69, 9.17) is 9.52 Å². The summed E-state index contributed by atoms with van der Waals surface area (Å²) < 4.78 is 4.99. The Kier molecular flexibility index (Phi) is 2.08. The first kappa shape index (κ1) is 8.35. The highest BCUT2D eigenvalue weighted by Gasteiger charge is 2.19. The van der Waals surface area contributed by atoms with Gasteiger partial charge >= 0.3 is 5.63 Å². The van der Waals surface area contributed by atoms with Crippen molar-refractivity contribution in [2.75, 3.05) is 0 Å². The van der Waals surface area contributed by atoms with Crippen LogP contribution in [0.1, 0.15) is 37.4 Å². The molecule has 1 fully saturated rings. The van der Waals surface area contributed by atoms with Gasteiger partial charge in [0.1, 0.15) is 5.76 Å². The summed E-state index contributed by atoms with van der Waals surface area (Å²) in [5.41, 5.74) is -0.621. The summed E-state index contributed by atoms with van der Waals surface area (Å²) in [4.78, 5) is 11.0. The zero-order chi connectivity index (χ0) is 9.26. The smallest absolute Gasteiger partial charge is 0.378 e. The van der Waals surface area contributed by atoms with Crippen LogP contribution in [0.2, 0.25) is 0 Å². The van der Waals surface area contributed by atoms with Crippen molar-refractivity contribution in [1.29, 1.82) is 0 Å². The number of hydrogen-bond donors (Lipinski definition) is 1. The molecular formula is C10H12O3. The minimum absolute atomic E-state index is 0.304. The van der Waals surface area contributed by atoms with Crippen molar-refractivity contribution in [1.82, 2.24) is 0 Å². The lowest BCUT2D eigenvalue weighted by atomic mass is 10.1. The Morgan fingerprint density at radius 3 is 2.62 bits per heavy atom. The van der Waals surface area contributed by atoms with Gasteiger partial charge in [0, 0.05) is 5.92 Å². The van der Waals surface area contributed by atoms with E-state index in [0.717, 1.165) is 18.6 Å². The van der Waals surface area contributed by atoms with E-state index < -0.39 is 5.63 Å². The van der Waals surface area contributed by atoms with Crippen molar-refractivity contribution in [2.24, 2.45) is 0 Å². The van der Waals surface area contributed by atoms with Crippen LogP contribution in [0.5, 0.6) is 5.75 Å². The molecule has 0 spiro atoms. The fourth-order valence-electron chi connectivity index (χ4n) is 1.85. The Balaban J connectivity index is 2.30. The second-order valence-electron chi connectivity index (χ2n) is 3.49. The molecule has 1 aromatic heterocycles. The van der Waals surface area contributed by atoms with E-state index in [9.17, 15) is 4.79 Å². The molecule has 1 N–H and O–H groups in total. The molecule has 0 unspecified atom stereocenters. The summed E-state index contributed by atoms with van der Waals surface area (Å²) in [6.07, 6.45) is 4.59. The second-order valence-corrected chi connectivity index (χ2v) is 3.49. The number of rotatable bonds is 1. The van der Waals surface area contributed by atoms with Gasteiger partial charge in [0.15, 0.2) is 0 Å². The first-order chi connectivity index (χ1) is 6.27. The van der Waals surface area contributed by atoms with Gasteiger partial charge in [-0.25, -0.2) is 4.79 Å². The summed E-state index contributed by atoms with van der Waals surface area (Å²) in [5, 5.41) is 8.98. The molecule has 1 heterocycles. The van der Waals surface area contributed by atoms with E-state index >= 15 is 0 Å². The third kappa shape index (κ3) is 1.59. The van der Waals surface area contributed by atoms with Gasteiger partial charge in [-0.3, -0.25) is 0 Å². The molecule has 2 rings (SSSR count). The molecule has 13 heavy (non-hydrogen) atoms. The molecule has 0 bridgehead atoms. The maximum absolute atomic E-state index is 11.0. The van der Waals surface area contributed by atoms with E-state index in [1.807, 2.05) is 0 Å². The van der Waals surface area contributed by atoms with E-state index in [2.05, 4.69) is 0 Å². The highest BCUT2D eigenvalue weighted by atomic mass is 16.4. The first-order valence-corrected chi connectivity index (χ1v) is 4.60. The SMILES string of the molecule is O=c1oc(C2CCCC2)ccc1O.